The van der Waals surface area contributed by atoms with Crippen molar-refractivity contribution in [1.29, 1.82) is 0 Å². The average Bonchev–Trinajstić information content (AvgIpc) is 2.23. The molecule has 0 fully saturated rings. The van der Waals surface area contributed by atoms with Gasteiger partial charge in [-0.25, -0.2) is 9.59 Å². The lowest BCUT2D eigenvalue weighted by Gasteiger charge is -1.93. The quantitative estimate of drug-likeness (QED) is 0.321. The summed E-state index contributed by atoms with van der Waals surface area (Å²) in [6.07, 6.45) is 2.95. The maximum atomic E-state index is 10.5. The molecule has 0 saturated heterocycles. The molecular weight excluding hydrogens is 204 g/mol. The fourth-order valence-electron chi connectivity index (χ4n) is 0.329. The zero-order chi connectivity index (χ0) is 12.1. The van der Waals surface area contributed by atoms with Crippen molar-refractivity contribution >= 4 is 11.9 Å². The largest absolute Gasteiger partial charge is 0.478 e. The molecule has 0 amide bonds. The van der Waals surface area contributed by atoms with E-state index in [2.05, 4.69) is 11.3 Å². The Morgan fingerprint density at radius 1 is 1.20 bits per heavy atom. The second kappa shape index (κ2) is 12.3. The highest BCUT2D eigenvalue weighted by atomic mass is 16.5. The predicted octanol–water partition coefficient (Wildman–Crippen LogP) is -0.673. The summed E-state index contributed by atoms with van der Waals surface area (Å²) in [5, 5.41) is 23.3. The lowest BCUT2D eigenvalue weighted by atomic mass is 10.5. The first-order valence-electron chi connectivity index (χ1n) is 3.98. The number of aliphatic hydroxyl groups is 2. The van der Waals surface area contributed by atoms with Gasteiger partial charge in [0.15, 0.2) is 0 Å². The third-order valence-electron chi connectivity index (χ3n) is 0.805. The van der Waals surface area contributed by atoms with Crippen molar-refractivity contribution in [2.75, 3.05) is 19.8 Å². The Labute approximate surface area is 87.1 Å². The smallest absolute Gasteiger partial charge is 0.331 e. The highest BCUT2D eigenvalue weighted by molar-refractivity contribution is 5.90. The number of aliphatic carboxylic acids is 1. The molecule has 0 spiro atoms. The summed E-state index contributed by atoms with van der Waals surface area (Å²) in [5.41, 5.74) is 0. The molecule has 86 valence electrons. The predicted molar refractivity (Wildman–Crippen MR) is 52.1 cm³/mol. The van der Waals surface area contributed by atoms with Gasteiger partial charge in [-0.3, -0.25) is 0 Å². The van der Waals surface area contributed by atoms with Crippen molar-refractivity contribution < 1.29 is 29.6 Å². The number of carboxylic acid groups (broad SMARTS) is 1. The number of ether oxygens (including phenoxy) is 1. The molecular formula is C9H14O6. The summed E-state index contributed by atoms with van der Waals surface area (Å²) in [6.45, 7) is 3.15. The Kier molecular flexibility index (Phi) is 13.0. The Bertz CT molecular complexity index is 219. The number of hydrogen-bond acceptors (Lipinski definition) is 5. The van der Waals surface area contributed by atoms with Gasteiger partial charge in [0, 0.05) is 12.2 Å². The summed E-state index contributed by atoms with van der Waals surface area (Å²) >= 11 is 0. The molecule has 0 unspecified atom stereocenters. The first-order valence-corrected chi connectivity index (χ1v) is 3.98. The maximum Gasteiger partial charge on any atom is 0.331 e. The summed E-state index contributed by atoms with van der Waals surface area (Å²) in [4.78, 5) is 20.3. The van der Waals surface area contributed by atoms with Crippen LogP contribution < -0.4 is 0 Å². The van der Waals surface area contributed by atoms with E-state index in [0.29, 0.717) is 6.08 Å². The molecule has 0 radical (unpaired) electrons. The lowest BCUT2D eigenvalue weighted by molar-refractivity contribution is -0.137. The summed E-state index contributed by atoms with van der Waals surface area (Å²) in [5.74, 6) is -1.87. The zero-order valence-electron chi connectivity index (χ0n) is 8.13. The van der Waals surface area contributed by atoms with Crippen molar-refractivity contribution in [3.63, 3.8) is 0 Å². The van der Waals surface area contributed by atoms with E-state index < -0.39 is 11.9 Å². The number of carboxylic acids is 1. The molecule has 0 atom stereocenters. The Morgan fingerprint density at radius 3 is 2.07 bits per heavy atom. The van der Waals surface area contributed by atoms with Crippen molar-refractivity contribution in [3.8, 4) is 0 Å². The first-order chi connectivity index (χ1) is 7.08. The number of carbonyl (C=O) groups is 2. The molecule has 3 N–H and O–H groups in total. The van der Waals surface area contributed by atoms with Crippen LogP contribution in [-0.2, 0) is 14.3 Å². The van der Waals surface area contributed by atoms with E-state index in [-0.39, 0.29) is 19.8 Å². The highest BCUT2D eigenvalue weighted by Crippen LogP contribution is 1.81. The number of hydrogen-bond donors (Lipinski definition) is 3. The second-order valence-corrected chi connectivity index (χ2v) is 2.04. The van der Waals surface area contributed by atoms with Gasteiger partial charge in [0.25, 0.3) is 0 Å². The van der Waals surface area contributed by atoms with Gasteiger partial charge in [0.05, 0.1) is 13.2 Å². The molecule has 0 bridgehead atoms. The molecule has 0 aliphatic carbocycles. The molecule has 0 heterocycles. The van der Waals surface area contributed by atoms with Crippen molar-refractivity contribution in [2.45, 2.75) is 0 Å². The van der Waals surface area contributed by atoms with Gasteiger partial charge in [-0.1, -0.05) is 12.7 Å². The van der Waals surface area contributed by atoms with Crippen LogP contribution in [0.5, 0.6) is 0 Å². The van der Waals surface area contributed by atoms with Gasteiger partial charge in [0.1, 0.15) is 6.61 Å². The van der Waals surface area contributed by atoms with Crippen LogP contribution in [-0.4, -0.2) is 47.1 Å². The fraction of sp³-hybridized carbons (Fsp3) is 0.333. The van der Waals surface area contributed by atoms with E-state index in [9.17, 15) is 9.59 Å². The van der Waals surface area contributed by atoms with Gasteiger partial charge < -0.3 is 20.1 Å². The molecule has 15 heavy (non-hydrogen) atoms. The number of carbonyl (C=O) groups excluding carboxylic acids is 1. The first kappa shape index (κ1) is 15.8. The Morgan fingerprint density at radius 2 is 1.73 bits per heavy atom. The molecule has 0 saturated carbocycles. The van der Waals surface area contributed by atoms with E-state index in [1.807, 2.05) is 0 Å². The van der Waals surface area contributed by atoms with Crippen LogP contribution in [0.15, 0.2) is 24.8 Å². The van der Waals surface area contributed by atoms with Gasteiger partial charge >= 0.3 is 11.9 Å². The summed E-state index contributed by atoms with van der Waals surface area (Å²) < 4.78 is 4.43. The molecule has 0 rings (SSSR count). The number of aliphatic hydroxyl groups excluding tert-OH is 2. The number of rotatable bonds is 5. The van der Waals surface area contributed by atoms with E-state index in [0.717, 1.165) is 6.08 Å². The molecule has 0 aliphatic heterocycles. The molecule has 0 aliphatic rings. The van der Waals surface area contributed by atoms with Gasteiger partial charge in [-0.05, 0) is 0 Å². The minimum atomic E-state index is -1.18. The molecule has 0 aromatic carbocycles. The normalized spacial score (nSPS) is 8.93. The van der Waals surface area contributed by atoms with Crippen LogP contribution in [0.1, 0.15) is 0 Å². The third kappa shape index (κ3) is 19.0. The SMILES string of the molecule is C=CCOC(=O)/C=C\C(=O)O.OCCO. The maximum absolute atomic E-state index is 10.5. The van der Waals surface area contributed by atoms with E-state index >= 15 is 0 Å². The van der Waals surface area contributed by atoms with Gasteiger partial charge in [0.2, 0.25) is 0 Å². The lowest BCUT2D eigenvalue weighted by Crippen LogP contribution is -2.01. The van der Waals surface area contributed by atoms with Crippen LogP contribution in [0, 0.1) is 0 Å². The number of esters is 1. The summed E-state index contributed by atoms with van der Waals surface area (Å²) in [7, 11) is 0. The minimum Gasteiger partial charge on any atom is -0.478 e. The molecule has 0 aromatic rings. The zero-order valence-corrected chi connectivity index (χ0v) is 8.13. The molecule has 6 heteroatoms. The van der Waals surface area contributed by atoms with Crippen LogP contribution in [0.3, 0.4) is 0 Å². The van der Waals surface area contributed by atoms with E-state index in [1.165, 1.54) is 6.08 Å². The standard InChI is InChI=1S/C7H8O4.C2H6O2/c1-2-5-11-7(10)4-3-6(8)9;3-1-2-4/h2-4H,1,5H2,(H,8,9);3-4H,1-2H2/b4-3-;. The van der Waals surface area contributed by atoms with Gasteiger partial charge in [-0.2, -0.15) is 0 Å². The van der Waals surface area contributed by atoms with Crippen LogP contribution in [0.2, 0.25) is 0 Å². The van der Waals surface area contributed by atoms with Crippen molar-refractivity contribution in [1.82, 2.24) is 0 Å². The third-order valence-corrected chi connectivity index (χ3v) is 0.805. The van der Waals surface area contributed by atoms with E-state index in [1.54, 1.807) is 0 Å². The minimum absolute atomic E-state index is 0.0861. The van der Waals surface area contributed by atoms with Crippen LogP contribution in [0.25, 0.3) is 0 Å². The Hall–Kier alpha value is -1.66. The second-order valence-electron chi connectivity index (χ2n) is 2.04. The van der Waals surface area contributed by atoms with E-state index in [4.69, 9.17) is 15.3 Å². The molecule has 6 nitrogen and oxygen atoms in total. The van der Waals surface area contributed by atoms with Crippen molar-refractivity contribution in [3.05, 3.63) is 24.8 Å². The average molecular weight is 218 g/mol. The van der Waals surface area contributed by atoms with Gasteiger partial charge in [-0.15, -0.1) is 0 Å². The van der Waals surface area contributed by atoms with Crippen LogP contribution in [0.4, 0.5) is 0 Å². The highest BCUT2D eigenvalue weighted by Gasteiger charge is 1.94. The fourth-order valence-corrected chi connectivity index (χ4v) is 0.329. The molecule has 0 aromatic heterocycles. The monoisotopic (exact) mass is 218 g/mol. The van der Waals surface area contributed by atoms with Crippen LogP contribution >= 0.6 is 0 Å². The van der Waals surface area contributed by atoms with Crippen molar-refractivity contribution in [2.24, 2.45) is 0 Å². The summed E-state index contributed by atoms with van der Waals surface area (Å²) in [6, 6.07) is 0. The Balaban J connectivity index is 0. The topological polar surface area (TPSA) is 104 Å².